The molecule has 0 aromatic heterocycles. The quantitative estimate of drug-likeness (QED) is 0.559. The average molecular weight is 334 g/mol. The molecule has 0 aromatic rings. The van der Waals surface area contributed by atoms with Crippen molar-refractivity contribution in [2.75, 3.05) is 6.16 Å². The van der Waals surface area contributed by atoms with Crippen molar-refractivity contribution in [1.82, 2.24) is 0 Å². The third kappa shape index (κ3) is 12.7. The topological polar surface area (TPSA) is 57.5 Å². The Morgan fingerprint density at radius 2 is 1.32 bits per heavy atom. The SMILES string of the molecule is C[C@H](CC[C@H](CP(=O)(O)O)[C@H](C)CC(C)(C)C)CC(C)(C)C. The lowest BCUT2D eigenvalue weighted by Crippen LogP contribution is -2.23. The molecule has 134 valence electrons. The fraction of sp³-hybridized carbons (Fsp3) is 1.00. The monoisotopic (exact) mass is 334 g/mol. The Balaban J connectivity index is 4.70. The molecule has 0 heterocycles. The van der Waals surface area contributed by atoms with Gasteiger partial charge in [0.05, 0.1) is 6.16 Å². The van der Waals surface area contributed by atoms with Crippen LogP contribution in [-0.2, 0) is 4.57 Å². The molecule has 0 aromatic carbocycles. The molecular formula is C18H39O3P. The molecule has 4 heteroatoms. The molecule has 0 fully saturated rings. The summed E-state index contributed by atoms with van der Waals surface area (Å²) < 4.78 is 11.5. The van der Waals surface area contributed by atoms with Crippen LogP contribution in [0.2, 0.25) is 0 Å². The van der Waals surface area contributed by atoms with Gasteiger partial charge in [-0.25, -0.2) is 0 Å². The van der Waals surface area contributed by atoms with Gasteiger partial charge in [-0.1, -0.05) is 61.8 Å². The summed E-state index contributed by atoms with van der Waals surface area (Å²) >= 11 is 0. The summed E-state index contributed by atoms with van der Waals surface area (Å²) in [5.41, 5.74) is 0.513. The van der Waals surface area contributed by atoms with Crippen LogP contribution in [0, 0.1) is 28.6 Å². The van der Waals surface area contributed by atoms with Crippen molar-refractivity contribution < 1.29 is 14.4 Å². The molecule has 3 nitrogen and oxygen atoms in total. The summed E-state index contributed by atoms with van der Waals surface area (Å²) in [5, 5.41) is 0. The van der Waals surface area contributed by atoms with Crippen LogP contribution >= 0.6 is 7.60 Å². The molecule has 2 N–H and O–H groups in total. The smallest absolute Gasteiger partial charge is 0.324 e. The van der Waals surface area contributed by atoms with Crippen LogP contribution in [0.1, 0.15) is 81.1 Å². The Morgan fingerprint density at radius 1 is 0.864 bits per heavy atom. The molecule has 0 radical (unpaired) electrons. The van der Waals surface area contributed by atoms with Gasteiger partial charge >= 0.3 is 7.60 Å². The average Bonchev–Trinajstić information content (AvgIpc) is 2.17. The molecule has 0 saturated carbocycles. The molecular weight excluding hydrogens is 295 g/mol. The van der Waals surface area contributed by atoms with E-state index in [1.54, 1.807) is 0 Å². The molecule has 0 spiro atoms. The Bertz CT molecular complexity index is 360. The Labute approximate surface area is 138 Å². The largest absolute Gasteiger partial charge is 0.325 e. The van der Waals surface area contributed by atoms with E-state index in [0.717, 1.165) is 25.7 Å². The first-order valence-corrected chi connectivity index (χ1v) is 10.4. The Kier molecular flexibility index (Phi) is 8.36. The van der Waals surface area contributed by atoms with Crippen molar-refractivity contribution in [2.24, 2.45) is 28.6 Å². The summed E-state index contributed by atoms with van der Waals surface area (Å²) in [4.78, 5) is 18.8. The predicted octanol–water partition coefficient (Wildman–Crippen LogP) is 5.71. The fourth-order valence-corrected chi connectivity index (χ4v) is 4.79. The minimum Gasteiger partial charge on any atom is -0.324 e. The zero-order valence-electron chi connectivity index (χ0n) is 16.0. The van der Waals surface area contributed by atoms with E-state index in [4.69, 9.17) is 0 Å². The van der Waals surface area contributed by atoms with E-state index >= 15 is 0 Å². The molecule has 0 aliphatic heterocycles. The van der Waals surface area contributed by atoms with Gasteiger partial charge in [0.1, 0.15) is 0 Å². The second-order valence-corrected chi connectivity index (χ2v) is 11.5. The highest BCUT2D eigenvalue weighted by Crippen LogP contribution is 2.43. The van der Waals surface area contributed by atoms with Crippen molar-refractivity contribution in [3.63, 3.8) is 0 Å². The fourth-order valence-electron chi connectivity index (χ4n) is 3.64. The van der Waals surface area contributed by atoms with E-state index in [1.807, 2.05) is 0 Å². The maximum absolute atomic E-state index is 11.5. The van der Waals surface area contributed by atoms with Crippen LogP contribution in [0.3, 0.4) is 0 Å². The van der Waals surface area contributed by atoms with Gasteiger partial charge in [-0.05, 0) is 47.8 Å². The van der Waals surface area contributed by atoms with Crippen LogP contribution in [0.15, 0.2) is 0 Å². The minimum atomic E-state index is -3.94. The van der Waals surface area contributed by atoms with Crippen LogP contribution in [0.4, 0.5) is 0 Å². The summed E-state index contributed by atoms with van der Waals surface area (Å²) in [6.45, 7) is 17.7. The summed E-state index contributed by atoms with van der Waals surface area (Å²) in [7, 11) is -3.94. The minimum absolute atomic E-state index is 0.0342. The van der Waals surface area contributed by atoms with Crippen molar-refractivity contribution in [3.05, 3.63) is 0 Å². The molecule has 0 aliphatic carbocycles. The standard InChI is InChI=1S/C18H39O3P/c1-14(11-17(3,4)5)9-10-16(13-22(19,20)21)15(2)12-18(6,7)8/h14-16H,9-13H2,1-8H3,(H2,19,20,21)/t14-,15-,16-/m1/s1. The van der Waals surface area contributed by atoms with Crippen LogP contribution < -0.4 is 0 Å². The first-order chi connectivity index (χ1) is 9.59. The number of hydrogen-bond donors (Lipinski definition) is 2. The maximum Gasteiger partial charge on any atom is 0.325 e. The molecule has 0 saturated heterocycles. The van der Waals surface area contributed by atoms with Crippen LogP contribution in [0.25, 0.3) is 0 Å². The van der Waals surface area contributed by atoms with Gasteiger partial charge < -0.3 is 9.79 Å². The highest BCUT2D eigenvalue weighted by molar-refractivity contribution is 7.51. The third-order valence-corrected chi connectivity index (χ3v) is 5.15. The van der Waals surface area contributed by atoms with E-state index < -0.39 is 7.60 Å². The van der Waals surface area contributed by atoms with E-state index in [0.29, 0.717) is 17.3 Å². The summed E-state index contributed by atoms with van der Waals surface area (Å²) in [5.74, 6) is 1.05. The van der Waals surface area contributed by atoms with Gasteiger partial charge in [0.2, 0.25) is 0 Å². The van der Waals surface area contributed by atoms with Crippen molar-refractivity contribution >= 4 is 7.60 Å². The van der Waals surface area contributed by atoms with Gasteiger partial charge in [0.25, 0.3) is 0 Å². The lowest BCUT2D eigenvalue weighted by atomic mass is 9.77. The number of rotatable bonds is 8. The molecule has 0 aliphatic rings. The number of hydrogen-bond acceptors (Lipinski definition) is 1. The van der Waals surface area contributed by atoms with Gasteiger partial charge in [-0.15, -0.1) is 0 Å². The predicted molar refractivity (Wildman–Crippen MR) is 96.1 cm³/mol. The van der Waals surface area contributed by atoms with Gasteiger partial charge in [-0.2, -0.15) is 0 Å². The Morgan fingerprint density at radius 3 is 1.68 bits per heavy atom. The molecule has 22 heavy (non-hydrogen) atoms. The van der Waals surface area contributed by atoms with Crippen LogP contribution in [0.5, 0.6) is 0 Å². The van der Waals surface area contributed by atoms with E-state index in [9.17, 15) is 14.4 Å². The second kappa shape index (κ2) is 8.31. The molecule has 0 unspecified atom stereocenters. The Hall–Kier alpha value is 0.150. The summed E-state index contributed by atoms with van der Waals surface area (Å²) in [6, 6.07) is 0. The molecule has 0 bridgehead atoms. The first-order valence-electron chi connectivity index (χ1n) is 8.64. The first kappa shape index (κ1) is 22.1. The van der Waals surface area contributed by atoms with Crippen molar-refractivity contribution in [3.8, 4) is 0 Å². The molecule has 0 amide bonds. The van der Waals surface area contributed by atoms with Gasteiger partial charge in [0.15, 0.2) is 0 Å². The van der Waals surface area contributed by atoms with Gasteiger partial charge in [-0.3, -0.25) is 4.57 Å². The van der Waals surface area contributed by atoms with E-state index in [2.05, 4.69) is 55.4 Å². The van der Waals surface area contributed by atoms with Crippen LogP contribution in [-0.4, -0.2) is 15.9 Å². The highest BCUT2D eigenvalue weighted by Gasteiger charge is 2.29. The lowest BCUT2D eigenvalue weighted by Gasteiger charge is -2.31. The van der Waals surface area contributed by atoms with E-state index in [-0.39, 0.29) is 17.5 Å². The zero-order chi connectivity index (χ0) is 17.8. The lowest BCUT2D eigenvalue weighted by molar-refractivity contribution is 0.216. The zero-order valence-corrected chi connectivity index (χ0v) is 16.9. The molecule has 0 rings (SSSR count). The van der Waals surface area contributed by atoms with Crippen molar-refractivity contribution in [1.29, 1.82) is 0 Å². The summed E-state index contributed by atoms with van der Waals surface area (Å²) in [6.07, 6.45) is 4.16. The second-order valence-electron chi connectivity index (χ2n) is 9.80. The highest BCUT2D eigenvalue weighted by atomic mass is 31.2. The molecule has 3 atom stereocenters. The van der Waals surface area contributed by atoms with E-state index in [1.165, 1.54) is 0 Å². The van der Waals surface area contributed by atoms with Gasteiger partial charge in [0, 0.05) is 0 Å². The van der Waals surface area contributed by atoms with Crippen molar-refractivity contribution in [2.45, 2.75) is 81.1 Å². The maximum atomic E-state index is 11.5. The third-order valence-electron chi connectivity index (χ3n) is 4.20. The normalized spacial score (nSPS) is 18.1.